The van der Waals surface area contributed by atoms with Gasteiger partial charge in [0, 0.05) is 22.9 Å². The Bertz CT molecular complexity index is 971. The number of fused-ring (bicyclic) bond motifs is 3. The van der Waals surface area contributed by atoms with Crippen LogP contribution in [-0.2, 0) is 14.3 Å². The van der Waals surface area contributed by atoms with E-state index in [-0.39, 0.29) is 6.61 Å². The Hall–Kier alpha value is -3.28. The summed E-state index contributed by atoms with van der Waals surface area (Å²) in [4.78, 5) is 23.3. The molecule has 128 valence electrons. The Labute approximate surface area is 144 Å². The van der Waals surface area contributed by atoms with E-state index in [9.17, 15) is 9.59 Å². The highest BCUT2D eigenvalue weighted by atomic mass is 16.5. The first kappa shape index (κ1) is 16.6. The predicted molar refractivity (Wildman–Crippen MR) is 94.7 cm³/mol. The number of rotatable bonds is 5. The van der Waals surface area contributed by atoms with E-state index in [1.807, 2.05) is 30.3 Å². The number of anilines is 1. The van der Waals surface area contributed by atoms with Crippen LogP contribution in [0.4, 0.5) is 5.69 Å². The molecule has 6 heteroatoms. The number of benzene rings is 2. The highest BCUT2D eigenvalue weighted by Gasteiger charge is 2.14. The van der Waals surface area contributed by atoms with Crippen molar-refractivity contribution in [2.24, 2.45) is 0 Å². The molecule has 0 radical (unpaired) electrons. The molecule has 2 aromatic carbocycles. The summed E-state index contributed by atoms with van der Waals surface area (Å²) in [5, 5.41) is 4.53. The Kier molecular flexibility index (Phi) is 4.70. The van der Waals surface area contributed by atoms with Gasteiger partial charge >= 0.3 is 5.97 Å². The Morgan fingerprint density at radius 2 is 1.96 bits per heavy atom. The van der Waals surface area contributed by atoms with Crippen molar-refractivity contribution in [1.82, 2.24) is 0 Å². The third-order valence-corrected chi connectivity index (χ3v) is 3.62. The van der Waals surface area contributed by atoms with Crippen molar-refractivity contribution >= 4 is 39.5 Å². The number of para-hydroxylation sites is 1. The summed E-state index contributed by atoms with van der Waals surface area (Å²) in [5.41, 5.74) is 1.83. The van der Waals surface area contributed by atoms with Gasteiger partial charge in [-0.2, -0.15) is 0 Å². The van der Waals surface area contributed by atoms with Crippen molar-refractivity contribution in [3.63, 3.8) is 0 Å². The van der Waals surface area contributed by atoms with E-state index in [2.05, 4.69) is 5.32 Å². The molecular formula is C19H17NO5. The van der Waals surface area contributed by atoms with E-state index in [4.69, 9.17) is 13.9 Å². The van der Waals surface area contributed by atoms with E-state index in [1.165, 1.54) is 13.2 Å². The minimum Gasteiger partial charge on any atom is -0.495 e. The number of furan rings is 1. The van der Waals surface area contributed by atoms with E-state index < -0.39 is 11.9 Å². The molecule has 0 atom stereocenters. The molecule has 1 aromatic heterocycles. The molecule has 0 bridgehead atoms. The molecule has 0 unspecified atom stereocenters. The lowest BCUT2D eigenvalue weighted by Crippen LogP contribution is -2.20. The van der Waals surface area contributed by atoms with Gasteiger partial charge in [0.1, 0.15) is 16.9 Å². The van der Waals surface area contributed by atoms with Crippen molar-refractivity contribution in [2.45, 2.75) is 6.92 Å². The largest absolute Gasteiger partial charge is 0.495 e. The number of carbonyl (C=O) groups is 2. The van der Waals surface area contributed by atoms with Crippen LogP contribution in [0.1, 0.15) is 6.92 Å². The number of nitrogens with one attached hydrogen (secondary N) is 1. The second-order valence-corrected chi connectivity index (χ2v) is 5.30. The molecule has 0 aliphatic rings. The summed E-state index contributed by atoms with van der Waals surface area (Å²) in [5.74, 6) is -0.545. The summed E-state index contributed by atoms with van der Waals surface area (Å²) >= 11 is 0. The highest BCUT2D eigenvalue weighted by Crippen LogP contribution is 2.36. The van der Waals surface area contributed by atoms with Gasteiger partial charge in [-0.25, -0.2) is 4.79 Å². The van der Waals surface area contributed by atoms with Crippen LogP contribution in [0.15, 0.2) is 53.0 Å². The predicted octanol–water partition coefficient (Wildman–Crippen LogP) is 3.65. The monoisotopic (exact) mass is 339 g/mol. The summed E-state index contributed by atoms with van der Waals surface area (Å²) in [6.45, 7) is 1.30. The summed E-state index contributed by atoms with van der Waals surface area (Å²) in [6, 6.07) is 11.2. The number of carbonyl (C=O) groups excluding carboxylic acids is 2. The first-order valence-corrected chi connectivity index (χ1v) is 7.71. The van der Waals surface area contributed by atoms with Gasteiger partial charge in [0.25, 0.3) is 5.91 Å². The van der Waals surface area contributed by atoms with Crippen molar-refractivity contribution in [1.29, 1.82) is 0 Å². The lowest BCUT2D eigenvalue weighted by molar-refractivity contribution is -0.142. The summed E-state index contributed by atoms with van der Waals surface area (Å²) in [7, 11) is 1.52. The van der Waals surface area contributed by atoms with Crippen LogP contribution in [0.2, 0.25) is 0 Å². The fourth-order valence-electron chi connectivity index (χ4n) is 2.53. The molecule has 1 N–H and O–H groups in total. The maximum atomic E-state index is 12.0. The van der Waals surface area contributed by atoms with Crippen LogP contribution in [0, 0.1) is 0 Å². The molecule has 0 spiro atoms. The number of esters is 1. The minimum absolute atomic E-state index is 0.384. The van der Waals surface area contributed by atoms with Gasteiger partial charge in [-0.15, -0.1) is 0 Å². The third kappa shape index (κ3) is 3.47. The SMILES string of the molecule is C/C=C/C(=O)OCC(=O)Nc1cc2oc3ccccc3c2cc1OC. The molecule has 3 aromatic rings. The number of ether oxygens (including phenoxy) is 2. The van der Waals surface area contributed by atoms with Crippen LogP contribution in [0.3, 0.4) is 0 Å². The maximum Gasteiger partial charge on any atom is 0.330 e. The number of amides is 1. The standard InChI is InChI=1S/C19H17NO5/c1-3-6-19(22)24-11-18(21)20-14-10-16-13(9-17(14)23-2)12-7-4-5-8-15(12)25-16/h3-10H,11H2,1-2H3,(H,20,21)/b6-3+. The molecule has 0 aliphatic carbocycles. The quantitative estimate of drug-likeness (QED) is 0.567. The third-order valence-electron chi connectivity index (χ3n) is 3.62. The molecule has 1 amide bonds. The van der Waals surface area contributed by atoms with Crippen molar-refractivity contribution in [2.75, 3.05) is 19.0 Å². The Morgan fingerprint density at radius 3 is 2.72 bits per heavy atom. The van der Waals surface area contributed by atoms with E-state index in [0.29, 0.717) is 17.0 Å². The van der Waals surface area contributed by atoms with E-state index in [0.717, 1.165) is 16.4 Å². The molecule has 3 rings (SSSR count). The average Bonchev–Trinajstić information content (AvgIpc) is 2.97. The van der Waals surface area contributed by atoms with Crippen molar-refractivity contribution in [3.8, 4) is 5.75 Å². The number of hydrogen-bond acceptors (Lipinski definition) is 5. The molecule has 0 fully saturated rings. The van der Waals surface area contributed by atoms with Crippen LogP contribution < -0.4 is 10.1 Å². The van der Waals surface area contributed by atoms with Crippen LogP contribution >= 0.6 is 0 Å². The summed E-state index contributed by atoms with van der Waals surface area (Å²) < 4.78 is 16.0. The zero-order valence-electron chi connectivity index (χ0n) is 13.9. The number of hydrogen-bond donors (Lipinski definition) is 1. The van der Waals surface area contributed by atoms with Crippen LogP contribution in [-0.4, -0.2) is 25.6 Å². The van der Waals surface area contributed by atoms with Crippen LogP contribution in [0.25, 0.3) is 21.9 Å². The van der Waals surface area contributed by atoms with E-state index in [1.54, 1.807) is 19.1 Å². The van der Waals surface area contributed by atoms with Gasteiger partial charge in [0.05, 0.1) is 12.8 Å². The normalized spacial score (nSPS) is 11.1. The van der Waals surface area contributed by atoms with Crippen LogP contribution in [0.5, 0.6) is 5.75 Å². The van der Waals surface area contributed by atoms with Gasteiger partial charge in [-0.1, -0.05) is 24.3 Å². The summed E-state index contributed by atoms with van der Waals surface area (Å²) in [6.07, 6.45) is 2.78. The number of allylic oxidation sites excluding steroid dienone is 1. The van der Waals surface area contributed by atoms with Gasteiger partial charge in [0.2, 0.25) is 0 Å². The second kappa shape index (κ2) is 7.09. The Morgan fingerprint density at radius 1 is 1.16 bits per heavy atom. The van der Waals surface area contributed by atoms with Gasteiger partial charge in [-0.3, -0.25) is 4.79 Å². The first-order valence-electron chi connectivity index (χ1n) is 7.71. The van der Waals surface area contributed by atoms with Gasteiger partial charge in [0.15, 0.2) is 6.61 Å². The maximum absolute atomic E-state index is 12.0. The molecule has 25 heavy (non-hydrogen) atoms. The minimum atomic E-state index is -0.572. The zero-order chi connectivity index (χ0) is 17.8. The lowest BCUT2D eigenvalue weighted by Gasteiger charge is -2.10. The van der Waals surface area contributed by atoms with Gasteiger partial charge < -0.3 is 19.2 Å². The zero-order valence-corrected chi connectivity index (χ0v) is 13.9. The molecule has 1 heterocycles. The molecule has 0 saturated carbocycles. The van der Waals surface area contributed by atoms with Gasteiger partial charge in [-0.05, 0) is 19.1 Å². The van der Waals surface area contributed by atoms with Crippen molar-refractivity contribution < 1.29 is 23.5 Å². The van der Waals surface area contributed by atoms with E-state index >= 15 is 0 Å². The highest BCUT2D eigenvalue weighted by molar-refractivity contribution is 6.07. The van der Waals surface area contributed by atoms with Crippen molar-refractivity contribution in [3.05, 3.63) is 48.6 Å². The lowest BCUT2D eigenvalue weighted by atomic mass is 10.1. The molecule has 6 nitrogen and oxygen atoms in total. The molecule has 0 aliphatic heterocycles. The molecular weight excluding hydrogens is 322 g/mol. The first-order chi connectivity index (χ1) is 12.1. The second-order valence-electron chi connectivity index (χ2n) is 5.30. The Balaban J connectivity index is 1.86. The fraction of sp³-hybridized carbons (Fsp3) is 0.158. The topological polar surface area (TPSA) is 77.8 Å². The number of methoxy groups -OCH3 is 1. The average molecular weight is 339 g/mol. The molecule has 0 saturated heterocycles. The smallest absolute Gasteiger partial charge is 0.330 e. The fourth-order valence-corrected chi connectivity index (χ4v) is 2.53.